The van der Waals surface area contributed by atoms with Crippen molar-refractivity contribution in [3.05, 3.63) is 145 Å². The van der Waals surface area contributed by atoms with E-state index in [-0.39, 0.29) is 22.4 Å². The molecule has 5 aromatic carbocycles. The van der Waals surface area contributed by atoms with E-state index in [1.54, 1.807) is 11.8 Å². The summed E-state index contributed by atoms with van der Waals surface area (Å²) in [6.45, 7) is 2.06. The summed E-state index contributed by atoms with van der Waals surface area (Å²) in [6.07, 6.45) is 0. The van der Waals surface area contributed by atoms with Gasteiger partial charge >= 0.3 is 22.4 Å². The number of aryl methyl sites for hydroxylation is 1. The molecule has 0 saturated carbocycles. The number of pyridine rings is 1. The number of anilines is 3. The second-order valence-electron chi connectivity index (χ2n) is 9.45. The third-order valence-corrected chi connectivity index (χ3v) is 7.92. The molecular weight excluding hydrogens is 705 g/mol. The predicted molar refractivity (Wildman–Crippen MR) is 162 cm³/mol. The molecule has 0 unspecified atom stereocenters. The van der Waals surface area contributed by atoms with E-state index in [2.05, 4.69) is 84.6 Å². The van der Waals surface area contributed by atoms with Crippen LogP contribution in [0.25, 0.3) is 22.5 Å². The fourth-order valence-electron chi connectivity index (χ4n) is 4.88. The van der Waals surface area contributed by atoms with Gasteiger partial charge in [-0.3, -0.25) is 0 Å². The van der Waals surface area contributed by atoms with Gasteiger partial charge in [0.15, 0.2) is 0 Å². The Morgan fingerprint density at radius 3 is 2.17 bits per heavy atom. The van der Waals surface area contributed by atoms with Crippen molar-refractivity contribution in [1.29, 1.82) is 0 Å². The predicted octanol–water partition coefficient (Wildman–Crippen LogP) is 9.85. The fourth-order valence-corrected chi connectivity index (χ4v) is 5.94. The molecule has 0 fully saturated rings. The van der Waals surface area contributed by atoms with Crippen molar-refractivity contribution >= 4 is 28.8 Å². The van der Waals surface area contributed by atoms with E-state index in [9.17, 15) is 0 Å². The maximum atomic E-state index is 6.34. The van der Waals surface area contributed by atoms with Crippen molar-refractivity contribution in [1.82, 2.24) is 4.98 Å². The first-order chi connectivity index (χ1) is 19.7. The second kappa shape index (κ2) is 11.8. The Kier molecular flexibility index (Phi) is 7.82. The Morgan fingerprint density at radius 1 is 0.683 bits per heavy atom. The summed E-state index contributed by atoms with van der Waals surface area (Å²) in [7, 11) is 0. The van der Waals surface area contributed by atoms with Gasteiger partial charge in [-0.1, -0.05) is 72.9 Å². The molecule has 3 nitrogen and oxygen atoms in total. The fraction of sp³-hybridized carbons (Fsp3) is 0.0278. The average molecular weight is 729 g/mol. The van der Waals surface area contributed by atoms with Crippen molar-refractivity contribution in [2.45, 2.75) is 16.7 Å². The van der Waals surface area contributed by atoms with Gasteiger partial charge in [0.25, 0.3) is 0 Å². The third-order valence-electron chi connectivity index (χ3n) is 6.79. The summed E-state index contributed by atoms with van der Waals surface area (Å²) in [5, 5.41) is 0. The van der Waals surface area contributed by atoms with Crippen LogP contribution in [0.1, 0.15) is 5.56 Å². The number of ether oxygens (including phenoxy) is 1. The van der Waals surface area contributed by atoms with Crippen LogP contribution in [0, 0.1) is 25.1 Å². The Balaban J connectivity index is 0.00000302. The maximum Gasteiger partial charge on any atom is 3.00 e. The summed E-state index contributed by atoms with van der Waals surface area (Å²) in [6, 6.07) is 50.8. The van der Waals surface area contributed by atoms with Gasteiger partial charge in [0.2, 0.25) is 0 Å². The summed E-state index contributed by atoms with van der Waals surface area (Å²) >= 11 is 1.79. The van der Waals surface area contributed by atoms with Gasteiger partial charge in [-0.15, -0.1) is 77.4 Å². The molecular formula is C36H23AuN2OS. The number of nitrogens with zero attached hydrogens (tertiary/aromatic N) is 2. The topological polar surface area (TPSA) is 25.4 Å². The molecule has 7 rings (SSSR count). The third kappa shape index (κ3) is 5.48. The molecule has 0 atom stereocenters. The molecule has 5 heteroatoms. The minimum absolute atomic E-state index is 0. The van der Waals surface area contributed by atoms with E-state index in [0.717, 1.165) is 45.1 Å². The Hall–Kier alpha value is -4.06. The smallest absolute Gasteiger partial charge is 0.503 e. The standard InChI is InChI=1S/C36H23N2OS.Au/c1-25-21-22-29(24-30(25)32-16-10-15-31(37-32)26-11-3-2-4-12-26)39-28-14-9-13-27(23-28)38-33-17-5-7-19-35(33)40-36-20-8-6-18-34(36)38;/h2-11,13,15-23H,1H3;/q-3;+3. The number of fused-ring (bicyclic) bond motifs is 2. The zero-order valence-corrected chi connectivity index (χ0v) is 25.0. The minimum atomic E-state index is 0. The largest absolute Gasteiger partial charge is 3.00 e. The first kappa shape index (κ1) is 27.1. The van der Waals surface area contributed by atoms with Crippen molar-refractivity contribution in [2.75, 3.05) is 4.90 Å². The zero-order chi connectivity index (χ0) is 26.9. The molecule has 200 valence electrons. The van der Waals surface area contributed by atoms with Crippen LogP contribution in [0.4, 0.5) is 17.1 Å². The molecule has 0 bridgehead atoms. The van der Waals surface area contributed by atoms with E-state index in [4.69, 9.17) is 9.72 Å². The molecule has 6 aromatic rings. The molecule has 0 spiro atoms. The van der Waals surface area contributed by atoms with Crippen LogP contribution < -0.4 is 9.64 Å². The molecule has 2 heterocycles. The van der Waals surface area contributed by atoms with E-state index in [1.807, 2.05) is 66.7 Å². The van der Waals surface area contributed by atoms with E-state index < -0.39 is 0 Å². The molecule has 0 N–H and O–H groups in total. The van der Waals surface area contributed by atoms with Crippen molar-refractivity contribution in [2.24, 2.45) is 0 Å². The van der Waals surface area contributed by atoms with Gasteiger partial charge in [0, 0.05) is 21.3 Å². The van der Waals surface area contributed by atoms with E-state index >= 15 is 0 Å². The van der Waals surface area contributed by atoms with E-state index in [1.165, 1.54) is 9.79 Å². The van der Waals surface area contributed by atoms with Gasteiger partial charge in [0.1, 0.15) is 0 Å². The van der Waals surface area contributed by atoms with Crippen LogP contribution in [0.3, 0.4) is 0 Å². The number of benzene rings is 5. The average Bonchev–Trinajstić information content (AvgIpc) is 3.01. The summed E-state index contributed by atoms with van der Waals surface area (Å²) < 4.78 is 6.34. The van der Waals surface area contributed by atoms with Crippen LogP contribution >= 0.6 is 11.8 Å². The normalized spacial score (nSPS) is 11.7. The Morgan fingerprint density at radius 2 is 1.41 bits per heavy atom. The maximum absolute atomic E-state index is 6.34. The first-order valence-corrected chi connectivity index (χ1v) is 13.9. The summed E-state index contributed by atoms with van der Waals surface area (Å²) in [4.78, 5) is 9.62. The quantitative estimate of drug-likeness (QED) is 0.130. The molecule has 0 amide bonds. The van der Waals surface area contributed by atoms with E-state index in [0.29, 0.717) is 11.5 Å². The molecule has 41 heavy (non-hydrogen) atoms. The summed E-state index contributed by atoms with van der Waals surface area (Å²) in [5.74, 6) is 1.24. The SMILES string of the molecule is Cc1ccc(Oc2[c-]ccc(N3c4ccccc4Sc4ccccc43)c2)[c-]c1-c1cccc(-c2[c-]cccc2)n1.[Au+3]. The monoisotopic (exact) mass is 728 g/mol. The van der Waals surface area contributed by atoms with Crippen LogP contribution in [0.5, 0.6) is 11.5 Å². The Labute approximate surface area is 260 Å². The summed E-state index contributed by atoms with van der Waals surface area (Å²) in [5.41, 5.74) is 7.96. The van der Waals surface area contributed by atoms with Gasteiger partial charge in [-0.05, 0) is 35.7 Å². The molecule has 1 aliphatic heterocycles. The van der Waals surface area contributed by atoms with Crippen molar-refractivity contribution in [3.63, 3.8) is 0 Å². The number of rotatable bonds is 5. The number of para-hydroxylation sites is 2. The number of hydrogen-bond acceptors (Lipinski definition) is 4. The minimum Gasteiger partial charge on any atom is -0.503 e. The van der Waals surface area contributed by atoms with Crippen LogP contribution in [0.2, 0.25) is 0 Å². The second-order valence-corrected chi connectivity index (χ2v) is 10.5. The first-order valence-electron chi connectivity index (χ1n) is 13.1. The van der Waals surface area contributed by atoms with Crippen LogP contribution in [-0.2, 0) is 22.4 Å². The molecule has 0 saturated heterocycles. The Bertz CT molecular complexity index is 1790. The van der Waals surface area contributed by atoms with Crippen molar-refractivity contribution < 1.29 is 27.1 Å². The van der Waals surface area contributed by atoms with Gasteiger partial charge < -0.3 is 14.6 Å². The van der Waals surface area contributed by atoms with Crippen LogP contribution in [0.15, 0.2) is 131 Å². The molecule has 1 aliphatic rings. The number of aromatic nitrogens is 1. The molecule has 0 aliphatic carbocycles. The zero-order valence-electron chi connectivity index (χ0n) is 22.1. The van der Waals surface area contributed by atoms with Gasteiger partial charge in [0.05, 0.1) is 11.4 Å². The van der Waals surface area contributed by atoms with Gasteiger partial charge in [-0.25, -0.2) is 0 Å². The van der Waals surface area contributed by atoms with Gasteiger partial charge in [-0.2, -0.15) is 6.07 Å². The number of hydrogen-bond donors (Lipinski definition) is 0. The molecule has 1 aromatic heterocycles. The van der Waals surface area contributed by atoms with Crippen LogP contribution in [-0.4, -0.2) is 4.98 Å². The molecule has 0 radical (unpaired) electrons. The van der Waals surface area contributed by atoms with Crippen molar-refractivity contribution in [3.8, 4) is 34.0 Å².